The molecule has 0 saturated carbocycles. The summed E-state index contributed by atoms with van der Waals surface area (Å²) in [6.07, 6.45) is 2.80. The highest BCUT2D eigenvalue weighted by Crippen LogP contribution is 2.28. The minimum atomic E-state index is -0.237. The number of likely N-dealkylation sites (N-methyl/N-ethyl adjacent to an activating group) is 1. The van der Waals surface area contributed by atoms with Crippen LogP contribution in [0.2, 0.25) is 0 Å². The maximum atomic E-state index is 12.5. The first-order valence-corrected chi connectivity index (χ1v) is 9.70. The van der Waals surface area contributed by atoms with Crippen LogP contribution in [-0.4, -0.2) is 65.5 Å². The molecule has 0 radical (unpaired) electrons. The highest BCUT2D eigenvalue weighted by molar-refractivity contribution is 6.04. The SMILES string of the molecule is CCN(CC)CCOc1ccc(CN2C(=O)C3CCCCN3C2=O)cc1. The summed E-state index contributed by atoms with van der Waals surface area (Å²) in [5.41, 5.74) is 0.947. The number of fused-ring (bicyclic) bond motifs is 1. The molecular weight excluding hydrogens is 330 g/mol. The summed E-state index contributed by atoms with van der Waals surface area (Å²) in [5.74, 6) is 0.770. The van der Waals surface area contributed by atoms with E-state index in [4.69, 9.17) is 4.74 Å². The van der Waals surface area contributed by atoms with Gasteiger partial charge in [-0.05, 0) is 50.0 Å². The second kappa shape index (κ2) is 8.54. The molecule has 1 unspecified atom stereocenters. The van der Waals surface area contributed by atoms with Gasteiger partial charge in [-0.2, -0.15) is 0 Å². The molecule has 1 atom stereocenters. The number of rotatable bonds is 8. The normalized spacial score (nSPS) is 20.0. The first kappa shape index (κ1) is 18.7. The van der Waals surface area contributed by atoms with Crippen LogP contribution in [0.3, 0.4) is 0 Å². The van der Waals surface area contributed by atoms with Gasteiger partial charge in [-0.1, -0.05) is 26.0 Å². The quantitative estimate of drug-likeness (QED) is 0.670. The molecule has 0 N–H and O–H groups in total. The highest BCUT2D eigenvalue weighted by Gasteiger charge is 2.45. The molecule has 3 rings (SSSR count). The Morgan fingerprint density at radius 3 is 2.50 bits per heavy atom. The van der Waals surface area contributed by atoms with E-state index in [9.17, 15) is 9.59 Å². The number of amides is 3. The minimum absolute atomic E-state index is 0.0470. The first-order chi connectivity index (χ1) is 12.6. The van der Waals surface area contributed by atoms with Gasteiger partial charge in [0.25, 0.3) is 5.91 Å². The molecule has 1 aromatic rings. The van der Waals surface area contributed by atoms with E-state index in [2.05, 4.69) is 18.7 Å². The molecule has 0 bridgehead atoms. The molecule has 2 fully saturated rings. The van der Waals surface area contributed by atoms with Gasteiger partial charge in [-0.3, -0.25) is 9.69 Å². The molecule has 0 aromatic heterocycles. The van der Waals surface area contributed by atoms with Crippen LogP contribution in [0.4, 0.5) is 4.79 Å². The molecule has 142 valence electrons. The molecule has 2 heterocycles. The molecule has 0 spiro atoms. The first-order valence-electron chi connectivity index (χ1n) is 9.70. The summed E-state index contributed by atoms with van der Waals surface area (Å²) in [4.78, 5) is 30.4. The fourth-order valence-electron chi connectivity index (χ4n) is 3.70. The predicted octanol–water partition coefficient (Wildman–Crippen LogP) is 2.72. The van der Waals surface area contributed by atoms with E-state index in [0.29, 0.717) is 19.7 Å². The lowest BCUT2D eigenvalue weighted by molar-refractivity contribution is -0.129. The van der Waals surface area contributed by atoms with Crippen LogP contribution < -0.4 is 4.74 Å². The van der Waals surface area contributed by atoms with Crippen molar-refractivity contribution in [2.45, 2.75) is 45.7 Å². The number of carbonyl (C=O) groups is 2. The van der Waals surface area contributed by atoms with E-state index >= 15 is 0 Å². The molecule has 2 saturated heterocycles. The van der Waals surface area contributed by atoms with Crippen molar-refractivity contribution in [3.63, 3.8) is 0 Å². The van der Waals surface area contributed by atoms with E-state index in [-0.39, 0.29) is 18.0 Å². The van der Waals surface area contributed by atoms with Crippen LogP contribution in [0.1, 0.15) is 38.7 Å². The van der Waals surface area contributed by atoms with E-state index in [1.54, 1.807) is 4.90 Å². The molecule has 26 heavy (non-hydrogen) atoms. The van der Waals surface area contributed by atoms with Gasteiger partial charge in [0.05, 0.1) is 6.54 Å². The topological polar surface area (TPSA) is 53.1 Å². The molecule has 2 aliphatic rings. The van der Waals surface area contributed by atoms with Crippen LogP contribution in [-0.2, 0) is 11.3 Å². The zero-order valence-corrected chi connectivity index (χ0v) is 15.8. The van der Waals surface area contributed by atoms with Crippen LogP contribution in [0.15, 0.2) is 24.3 Å². The number of hydrogen-bond donors (Lipinski definition) is 0. The van der Waals surface area contributed by atoms with Crippen molar-refractivity contribution in [2.75, 3.05) is 32.8 Å². The Balaban J connectivity index is 1.54. The molecule has 6 nitrogen and oxygen atoms in total. The van der Waals surface area contributed by atoms with Crippen LogP contribution in [0.25, 0.3) is 0 Å². The Labute approximate surface area is 155 Å². The second-order valence-electron chi connectivity index (χ2n) is 6.93. The monoisotopic (exact) mass is 359 g/mol. The Bertz CT molecular complexity index is 604. The molecular formula is C20H29N3O3. The number of urea groups is 1. The smallest absolute Gasteiger partial charge is 0.327 e. The lowest BCUT2D eigenvalue weighted by atomic mass is 10.0. The highest BCUT2D eigenvalue weighted by atomic mass is 16.5. The van der Waals surface area contributed by atoms with Gasteiger partial charge in [0.1, 0.15) is 18.4 Å². The fourth-order valence-corrected chi connectivity index (χ4v) is 3.70. The standard InChI is InChI=1S/C20H29N3O3/c1-3-21(4-2)13-14-26-17-10-8-16(9-11-17)15-23-19(24)18-7-5-6-12-22(18)20(23)25/h8-11,18H,3-7,12-15H2,1-2H3. The van der Waals surface area contributed by atoms with Crippen molar-refractivity contribution in [3.8, 4) is 5.75 Å². The predicted molar refractivity (Wildman–Crippen MR) is 100 cm³/mol. The van der Waals surface area contributed by atoms with Gasteiger partial charge in [0, 0.05) is 13.1 Å². The van der Waals surface area contributed by atoms with Gasteiger partial charge in [0.15, 0.2) is 0 Å². The van der Waals surface area contributed by atoms with Gasteiger partial charge >= 0.3 is 6.03 Å². The summed E-state index contributed by atoms with van der Waals surface area (Å²) in [6, 6.07) is 7.32. The van der Waals surface area contributed by atoms with Crippen molar-refractivity contribution in [1.29, 1.82) is 0 Å². The average molecular weight is 359 g/mol. The Kier molecular flexibility index (Phi) is 6.14. The van der Waals surface area contributed by atoms with E-state index in [1.165, 1.54) is 4.90 Å². The number of carbonyl (C=O) groups excluding carboxylic acids is 2. The van der Waals surface area contributed by atoms with Gasteiger partial charge < -0.3 is 14.5 Å². The Hall–Kier alpha value is -2.08. The third-order valence-corrected chi connectivity index (χ3v) is 5.37. The van der Waals surface area contributed by atoms with Crippen molar-refractivity contribution in [3.05, 3.63) is 29.8 Å². The molecule has 0 aliphatic carbocycles. The number of ether oxygens (including phenoxy) is 1. The van der Waals surface area contributed by atoms with Crippen LogP contribution >= 0.6 is 0 Å². The Morgan fingerprint density at radius 1 is 1.12 bits per heavy atom. The molecule has 2 aliphatic heterocycles. The number of nitrogens with zero attached hydrogens (tertiary/aromatic N) is 3. The van der Waals surface area contributed by atoms with E-state index in [1.807, 2.05) is 24.3 Å². The third kappa shape index (κ3) is 4.01. The maximum Gasteiger partial charge on any atom is 0.327 e. The molecule has 6 heteroatoms. The van der Waals surface area contributed by atoms with Gasteiger partial charge in [-0.25, -0.2) is 4.79 Å². The average Bonchev–Trinajstić information content (AvgIpc) is 2.92. The van der Waals surface area contributed by atoms with E-state index in [0.717, 1.165) is 50.2 Å². The fraction of sp³-hybridized carbons (Fsp3) is 0.600. The van der Waals surface area contributed by atoms with Gasteiger partial charge in [-0.15, -0.1) is 0 Å². The van der Waals surface area contributed by atoms with Crippen LogP contribution in [0, 0.1) is 0 Å². The number of imide groups is 1. The minimum Gasteiger partial charge on any atom is -0.492 e. The van der Waals surface area contributed by atoms with Crippen LogP contribution in [0.5, 0.6) is 5.75 Å². The van der Waals surface area contributed by atoms with Crippen molar-refractivity contribution < 1.29 is 14.3 Å². The second-order valence-corrected chi connectivity index (χ2v) is 6.93. The maximum absolute atomic E-state index is 12.5. The number of hydrogen-bond acceptors (Lipinski definition) is 4. The summed E-state index contributed by atoms with van der Waals surface area (Å²) in [5, 5.41) is 0. The number of piperidine rings is 1. The zero-order chi connectivity index (χ0) is 18.5. The van der Waals surface area contributed by atoms with E-state index < -0.39 is 0 Å². The largest absolute Gasteiger partial charge is 0.492 e. The molecule has 3 amide bonds. The third-order valence-electron chi connectivity index (χ3n) is 5.37. The zero-order valence-electron chi connectivity index (χ0n) is 15.8. The molecule has 1 aromatic carbocycles. The summed E-state index contributed by atoms with van der Waals surface area (Å²) < 4.78 is 5.79. The lowest BCUT2D eigenvalue weighted by Crippen LogP contribution is -2.38. The van der Waals surface area contributed by atoms with Crippen molar-refractivity contribution in [2.24, 2.45) is 0 Å². The lowest BCUT2D eigenvalue weighted by Gasteiger charge is -2.26. The summed E-state index contributed by atoms with van der Waals surface area (Å²) in [7, 11) is 0. The Morgan fingerprint density at radius 2 is 1.85 bits per heavy atom. The summed E-state index contributed by atoms with van der Waals surface area (Å²) in [6.45, 7) is 8.93. The van der Waals surface area contributed by atoms with Gasteiger partial charge in [0.2, 0.25) is 0 Å². The van der Waals surface area contributed by atoms with Crippen molar-refractivity contribution in [1.82, 2.24) is 14.7 Å². The summed E-state index contributed by atoms with van der Waals surface area (Å²) >= 11 is 0. The number of benzene rings is 1. The van der Waals surface area contributed by atoms with Crippen molar-refractivity contribution >= 4 is 11.9 Å².